The van der Waals surface area contributed by atoms with Crippen LogP contribution in [0.4, 0.5) is 11.6 Å². The Morgan fingerprint density at radius 2 is 1.83 bits per heavy atom. The van der Waals surface area contributed by atoms with Crippen LogP contribution in [-0.4, -0.2) is 46.0 Å². The molecule has 0 atom stereocenters. The SMILES string of the molecule is Cc1ccccc1-n1c(SCc2ccc([N+](=O)[O-])cc2)nnc1N1CCOCC1. The molecule has 1 aliphatic heterocycles. The summed E-state index contributed by atoms with van der Waals surface area (Å²) in [6.07, 6.45) is 0. The van der Waals surface area contributed by atoms with Crippen molar-refractivity contribution in [2.24, 2.45) is 0 Å². The van der Waals surface area contributed by atoms with Crippen molar-refractivity contribution < 1.29 is 9.66 Å². The molecule has 2 aromatic carbocycles. The van der Waals surface area contributed by atoms with Gasteiger partial charge in [-0.3, -0.25) is 14.7 Å². The number of aryl methyl sites for hydroxylation is 1. The lowest BCUT2D eigenvalue weighted by molar-refractivity contribution is -0.384. The van der Waals surface area contributed by atoms with Crippen LogP contribution in [0.5, 0.6) is 0 Å². The number of thioether (sulfide) groups is 1. The number of anilines is 1. The molecule has 0 amide bonds. The molecule has 29 heavy (non-hydrogen) atoms. The normalized spacial score (nSPS) is 14.2. The Balaban J connectivity index is 1.63. The molecule has 3 aromatic rings. The van der Waals surface area contributed by atoms with Crippen LogP contribution in [0.2, 0.25) is 0 Å². The molecule has 0 bridgehead atoms. The fraction of sp³-hybridized carbons (Fsp3) is 0.300. The van der Waals surface area contributed by atoms with Gasteiger partial charge in [-0.15, -0.1) is 10.2 Å². The monoisotopic (exact) mass is 411 g/mol. The number of ether oxygens (including phenoxy) is 1. The summed E-state index contributed by atoms with van der Waals surface area (Å²) in [6, 6.07) is 14.8. The smallest absolute Gasteiger partial charge is 0.269 e. The largest absolute Gasteiger partial charge is 0.378 e. The average Bonchev–Trinajstić information content (AvgIpc) is 3.17. The first-order valence-corrected chi connectivity index (χ1v) is 10.3. The molecule has 0 N–H and O–H groups in total. The standard InChI is InChI=1S/C20H21N5O3S/c1-15-4-2-3-5-18(15)24-19(23-10-12-28-13-11-23)21-22-20(24)29-14-16-6-8-17(9-7-16)25(26)27/h2-9H,10-14H2,1H3. The van der Waals surface area contributed by atoms with Gasteiger partial charge in [0.15, 0.2) is 5.16 Å². The van der Waals surface area contributed by atoms with E-state index in [1.165, 1.54) is 12.1 Å². The molecule has 1 saturated heterocycles. The van der Waals surface area contributed by atoms with Crippen molar-refractivity contribution in [1.82, 2.24) is 14.8 Å². The Morgan fingerprint density at radius 1 is 1.10 bits per heavy atom. The highest BCUT2D eigenvalue weighted by atomic mass is 32.2. The van der Waals surface area contributed by atoms with Gasteiger partial charge in [0.1, 0.15) is 0 Å². The second kappa shape index (κ2) is 8.62. The van der Waals surface area contributed by atoms with E-state index in [1.54, 1.807) is 23.9 Å². The lowest BCUT2D eigenvalue weighted by atomic mass is 10.2. The maximum atomic E-state index is 10.8. The van der Waals surface area contributed by atoms with Crippen LogP contribution in [0, 0.1) is 17.0 Å². The molecule has 0 aliphatic carbocycles. The van der Waals surface area contributed by atoms with Gasteiger partial charge in [0.05, 0.1) is 23.8 Å². The Morgan fingerprint density at radius 3 is 2.52 bits per heavy atom. The van der Waals surface area contributed by atoms with Crippen LogP contribution < -0.4 is 4.90 Å². The highest BCUT2D eigenvalue weighted by Crippen LogP contribution is 2.30. The first kappa shape index (κ1) is 19.4. The average molecular weight is 411 g/mol. The predicted octanol–water partition coefficient (Wildman–Crippen LogP) is 3.61. The van der Waals surface area contributed by atoms with Gasteiger partial charge < -0.3 is 9.64 Å². The van der Waals surface area contributed by atoms with Gasteiger partial charge >= 0.3 is 0 Å². The third-order valence-corrected chi connectivity index (χ3v) is 5.78. The van der Waals surface area contributed by atoms with Gasteiger partial charge in [0.2, 0.25) is 5.95 Å². The lowest BCUT2D eigenvalue weighted by Crippen LogP contribution is -2.38. The number of hydrogen-bond donors (Lipinski definition) is 0. The summed E-state index contributed by atoms with van der Waals surface area (Å²) in [5.74, 6) is 1.46. The van der Waals surface area contributed by atoms with Crippen LogP contribution in [0.1, 0.15) is 11.1 Å². The van der Waals surface area contributed by atoms with Gasteiger partial charge in [0.25, 0.3) is 5.69 Å². The molecule has 4 rings (SSSR count). The number of nitrogens with zero attached hydrogens (tertiary/aromatic N) is 5. The maximum absolute atomic E-state index is 10.8. The summed E-state index contributed by atoms with van der Waals surface area (Å²) >= 11 is 1.56. The van der Waals surface area contributed by atoms with Gasteiger partial charge in [-0.05, 0) is 24.1 Å². The van der Waals surface area contributed by atoms with E-state index < -0.39 is 0 Å². The van der Waals surface area contributed by atoms with E-state index in [4.69, 9.17) is 4.74 Å². The summed E-state index contributed by atoms with van der Waals surface area (Å²) in [5, 5.41) is 20.6. The molecular weight excluding hydrogens is 390 g/mol. The first-order valence-electron chi connectivity index (χ1n) is 9.34. The second-order valence-electron chi connectivity index (χ2n) is 6.72. The van der Waals surface area contributed by atoms with E-state index >= 15 is 0 Å². The third kappa shape index (κ3) is 4.25. The molecule has 9 heteroatoms. The zero-order chi connectivity index (χ0) is 20.2. The van der Waals surface area contributed by atoms with E-state index in [0.717, 1.165) is 41.0 Å². The van der Waals surface area contributed by atoms with Crippen LogP contribution in [0.25, 0.3) is 5.69 Å². The number of para-hydroxylation sites is 1. The maximum Gasteiger partial charge on any atom is 0.269 e. The molecule has 1 aliphatic rings. The van der Waals surface area contributed by atoms with Crippen LogP contribution in [0.15, 0.2) is 53.7 Å². The number of nitro groups is 1. The molecule has 0 saturated carbocycles. The number of morpholine rings is 1. The van der Waals surface area contributed by atoms with Crippen LogP contribution in [0.3, 0.4) is 0 Å². The van der Waals surface area contributed by atoms with Crippen molar-refractivity contribution in [3.63, 3.8) is 0 Å². The summed E-state index contributed by atoms with van der Waals surface area (Å²) in [7, 11) is 0. The van der Waals surface area contributed by atoms with E-state index in [1.807, 2.05) is 12.1 Å². The van der Waals surface area contributed by atoms with Crippen molar-refractivity contribution in [1.29, 1.82) is 0 Å². The molecule has 8 nitrogen and oxygen atoms in total. The highest BCUT2D eigenvalue weighted by Gasteiger charge is 2.22. The Bertz CT molecular complexity index is 1000. The number of benzene rings is 2. The number of non-ortho nitro benzene ring substituents is 1. The minimum atomic E-state index is -0.389. The van der Waals surface area contributed by atoms with E-state index in [0.29, 0.717) is 19.0 Å². The fourth-order valence-corrected chi connectivity index (χ4v) is 4.11. The lowest BCUT2D eigenvalue weighted by Gasteiger charge is -2.28. The first-order chi connectivity index (χ1) is 14.1. The Labute approximate surface area is 172 Å². The van der Waals surface area contributed by atoms with Crippen molar-refractivity contribution in [2.75, 3.05) is 31.2 Å². The topological polar surface area (TPSA) is 86.3 Å². The summed E-state index contributed by atoms with van der Waals surface area (Å²) in [6.45, 7) is 4.97. The Kier molecular flexibility index (Phi) is 5.77. The fourth-order valence-electron chi connectivity index (χ4n) is 3.21. The molecule has 0 unspecified atom stereocenters. The van der Waals surface area contributed by atoms with Crippen molar-refractivity contribution in [3.8, 4) is 5.69 Å². The highest BCUT2D eigenvalue weighted by molar-refractivity contribution is 7.98. The molecule has 1 fully saturated rings. The minimum Gasteiger partial charge on any atom is -0.378 e. The number of aromatic nitrogens is 3. The molecule has 2 heterocycles. The van der Waals surface area contributed by atoms with Crippen LogP contribution in [-0.2, 0) is 10.5 Å². The quantitative estimate of drug-likeness (QED) is 0.348. The predicted molar refractivity (Wildman–Crippen MR) is 112 cm³/mol. The molecular formula is C20H21N5O3S. The second-order valence-corrected chi connectivity index (χ2v) is 7.66. The van der Waals surface area contributed by atoms with Gasteiger partial charge in [-0.1, -0.05) is 42.1 Å². The zero-order valence-electron chi connectivity index (χ0n) is 16.0. The Hall–Kier alpha value is -2.91. The van der Waals surface area contributed by atoms with Gasteiger partial charge in [0, 0.05) is 31.0 Å². The third-order valence-electron chi connectivity index (χ3n) is 4.78. The van der Waals surface area contributed by atoms with E-state index in [2.05, 4.69) is 38.7 Å². The van der Waals surface area contributed by atoms with Crippen LogP contribution >= 0.6 is 11.8 Å². The summed E-state index contributed by atoms with van der Waals surface area (Å²) in [5.41, 5.74) is 3.27. The van der Waals surface area contributed by atoms with Gasteiger partial charge in [-0.25, -0.2) is 0 Å². The van der Waals surface area contributed by atoms with E-state index in [-0.39, 0.29) is 10.6 Å². The minimum absolute atomic E-state index is 0.0939. The summed E-state index contributed by atoms with van der Waals surface area (Å²) < 4.78 is 7.57. The molecule has 0 radical (unpaired) electrons. The van der Waals surface area contributed by atoms with Crippen molar-refractivity contribution in [2.45, 2.75) is 17.8 Å². The molecule has 1 aromatic heterocycles. The van der Waals surface area contributed by atoms with Crippen molar-refractivity contribution >= 4 is 23.4 Å². The van der Waals surface area contributed by atoms with Gasteiger partial charge in [-0.2, -0.15) is 0 Å². The number of hydrogen-bond acceptors (Lipinski definition) is 7. The zero-order valence-corrected chi connectivity index (χ0v) is 16.8. The number of nitro benzene ring substituents is 1. The summed E-state index contributed by atoms with van der Waals surface area (Å²) in [4.78, 5) is 12.6. The molecule has 0 spiro atoms. The van der Waals surface area contributed by atoms with Crippen molar-refractivity contribution in [3.05, 3.63) is 69.8 Å². The van der Waals surface area contributed by atoms with E-state index in [9.17, 15) is 10.1 Å². The number of rotatable bonds is 6. The molecule has 150 valence electrons.